The molecule has 4 aromatic rings. The molecular weight excluding hydrogens is 450 g/mol. The summed E-state index contributed by atoms with van der Waals surface area (Å²) in [6.45, 7) is 13.5. The van der Waals surface area contributed by atoms with Crippen molar-refractivity contribution in [2.24, 2.45) is 0 Å². The molecule has 1 atom stereocenters. The van der Waals surface area contributed by atoms with Crippen LogP contribution in [0.2, 0.25) is 0 Å². The van der Waals surface area contributed by atoms with Crippen molar-refractivity contribution in [3.05, 3.63) is 88.9 Å². The standard InChI is InChI=1S/C30H33N3O3/c1-6-32(7-2)21-16-17-24(26(19-21)35-9-4)30(28-23(29(34)36-30)14-12-18-31-28)27-20(5)33(8-3)25-15-11-10-13-22(25)27/h10-19H,6-9H2,1-5H3. The second kappa shape index (κ2) is 9.34. The summed E-state index contributed by atoms with van der Waals surface area (Å²) in [7, 11) is 0. The fourth-order valence-electron chi connectivity index (χ4n) is 5.72. The average Bonchev–Trinajstić information content (AvgIpc) is 3.36. The molecule has 0 amide bonds. The van der Waals surface area contributed by atoms with Gasteiger partial charge in [0.1, 0.15) is 11.4 Å². The van der Waals surface area contributed by atoms with Crippen LogP contribution in [0.15, 0.2) is 60.8 Å². The minimum absolute atomic E-state index is 0.374. The second-order valence-electron chi connectivity index (χ2n) is 8.98. The van der Waals surface area contributed by atoms with Crippen LogP contribution in [0.5, 0.6) is 5.75 Å². The number of carbonyl (C=O) groups is 1. The maximum atomic E-state index is 13.4. The van der Waals surface area contributed by atoms with Crippen LogP contribution in [0, 0.1) is 6.92 Å². The molecular formula is C30H33N3O3. The summed E-state index contributed by atoms with van der Waals surface area (Å²) in [6, 6.07) is 18.1. The number of aryl methyl sites for hydroxylation is 1. The number of rotatable bonds is 8. The summed E-state index contributed by atoms with van der Waals surface area (Å²) in [4.78, 5) is 20.4. The zero-order chi connectivity index (χ0) is 25.4. The van der Waals surface area contributed by atoms with Crippen LogP contribution in [0.4, 0.5) is 5.69 Å². The van der Waals surface area contributed by atoms with Crippen molar-refractivity contribution in [2.45, 2.75) is 46.8 Å². The molecule has 0 saturated carbocycles. The number of pyridine rings is 1. The number of cyclic esters (lactones) is 1. The van der Waals surface area contributed by atoms with Gasteiger partial charge < -0.3 is 18.9 Å². The van der Waals surface area contributed by atoms with Gasteiger partial charge in [0.05, 0.1) is 12.2 Å². The van der Waals surface area contributed by atoms with Crippen LogP contribution in [-0.4, -0.2) is 35.2 Å². The Hall–Kier alpha value is -3.80. The molecule has 0 radical (unpaired) electrons. The molecule has 0 bridgehead atoms. The lowest BCUT2D eigenvalue weighted by Crippen LogP contribution is -2.32. The third-order valence-corrected chi connectivity index (χ3v) is 7.28. The number of esters is 1. The zero-order valence-corrected chi connectivity index (χ0v) is 21.7. The van der Waals surface area contributed by atoms with Gasteiger partial charge >= 0.3 is 5.97 Å². The smallest absolute Gasteiger partial charge is 0.341 e. The normalized spacial score (nSPS) is 16.8. The molecule has 0 aliphatic carbocycles. The minimum Gasteiger partial charge on any atom is -0.493 e. The van der Waals surface area contributed by atoms with Crippen molar-refractivity contribution in [1.82, 2.24) is 9.55 Å². The Bertz CT molecular complexity index is 1440. The summed E-state index contributed by atoms with van der Waals surface area (Å²) >= 11 is 0. The third-order valence-electron chi connectivity index (χ3n) is 7.28. The molecule has 1 aliphatic heterocycles. The molecule has 0 spiro atoms. The molecule has 36 heavy (non-hydrogen) atoms. The molecule has 2 aromatic heterocycles. The molecule has 1 aliphatic rings. The number of hydrogen-bond donors (Lipinski definition) is 0. The largest absolute Gasteiger partial charge is 0.493 e. The second-order valence-corrected chi connectivity index (χ2v) is 8.98. The Labute approximate surface area is 212 Å². The number of para-hydroxylation sites is 1. The minimum atomic E-state index is -1.23. The Morgan fingerprint density at radius 2 is 1.81 bits per heavy atom. The van der Waals surface area contributed by atoms with Crippen LogP contribution in [-0.2, 0) is 16.9 Å². The van der Waals surface area contributed by atoms with E-state index in [-0.39, 0.29) is 5.97 Å². The van der Waals surface area contributed by atoms with E-state index in [0.29, 0.717) is 23.6 Å². The van der Waals surface area contributed by atoms with E-state index >= 15 is 0 Å². The lowest BCUT2D eigenvalue weighted by molar-refractivity contribution is 0.0238. The van der Waals surface area contributed by atoms with Crippen molar-refractivity contribution in [3.63, 3.8) is 0 Å². The van der Waals surface area contributed by atoms with Crippen LogP contribution < -0.4 is 9.64 Å². The molecule has 5 rings (SSSR count). The number of ether oxygens (including phenoxy) is 2. The highest BCUT2D eigenvalue weighted by molar-refractivity contribution is 5.98. The molecule has 186 valence electrons. The van der Waals surface area contributed by atoms with Crippen molar-refractivity contribution >= 4 is 22.6 Å². The van der Waals surface area contributed by atoms with Crippen molar-refractivity contribution < 1.29 is 14.3 Å². The molecule has 0 fully saturated rings. The van der Waals surface area contributed by atoms with E-state index in [1.165, 1.54) is 0 Å². The lowest BCUT2D eigenvalue weighted by Gasteiger charge is -2.32. The first-order valence-electron chi connectivity index (χ1n) is 12.8. The highest BCUT2D eigenvalue weighted by atomic mass is 16.6. The van der Waals surface area contributed by atoms with Crippen molar-refractivity contribution in [2.75, 3.05) is 24.6 Å². The number of anilines is 1. The van der Waals surface area contributed by atoms with E-state index in [9.17, 15) is 4.79 Å². The molecule has 3 heterocycles. The molecule has 6 nitrogen and oxygen atoms in total. The molecule has 0 N–H and O–H groups in total. The first-order valence-corrected chi connectivity index (χ1v) is 12.8. The molecule has 0 saturated heterocycles. The summed E-state index contributed by atoms with van der Waals surface area (Å²) in [5, 5.41) is 1.04. The van der Waals surface area contributed by atoms with Gasteiger partial charge in [-0.3, -0.25) is 4.98 Å². The van der Waals surface area contributed by atoms with Crippen LogP contribution in [0.1, 0.15) is 60.6 Å². The Morgan fingerprint density at radius 3 is 2.53 bits per heavy atom. The van der Waals surface area contributed by atoms with Gasteiger partial charge in [0.15, 0.2) is 0 Å². The predicted octanol–water partition coefficient (Wildman–Crippen LogP) is 6.07. The van der Waals surface area contributed by atoms with Gasteiger partial charge in [-0.25, -0.2) is 4.79 Å². The highest BCUT2D eigenvalue weighted by Gasteiger charge is 2.53. The number of carbonyl (C=O) groups excluding carboxylic acids is 1. The fourth-order valence-corrected chi connectivity index (χ4v) is 5.72. The summed E-state index contributed by atoms with van der Waals surface area (Å²) in [6.07, 6.45) is 1.73. The van der Waals surface area contributed by atoms with Gasteiger partial charge in [0, 0.05) is 65.3 Å². The van der Waals surface area contributed by atoms with Gasteiger partial charge in [0.2, 0.25) is 5.60 Å². The van der Waals surface area contributed by atoms with Crippen molar-refractivity contribution in [3.8, 4) is 5.75 Å². The third kappa shape index (κ3) is 3.39. The maximum absolute atomic E-state index is 13.4. The number of hydrogen-bond acceptors (Lipinski definition) is 5. The van der Waals surface area contributed by atoms with E-state index in [0.717, 1.165) is 53.0 Å². The Morgan fingerprint density at radius 1 is 1.03 bits per heavy atom. The van der Waals surface area contributed by atoms with E-state index in [2.05, 4.69) is 61.4 Å². The topological polar surface area (TPSA) is 56.6 Å². The van der Waals surface area contributed by atoms with E-state index in [1.807, 2.05) is 25.1 Å². The van der Waals surface area contributed by atoms with Gasteiger partial charge in [-0.2, -0.15) is 0 Å². The summed E-state index contributed by atoms with van der Waals surface area (Å²) in [5.41, 5.74) is 4.79. The van der Waals surface area contributed by atoms with E-state index in [1.54, 1.807) is 18.3 Å². The van der Waals surface area contributed by atoms with E-state index in [4.69, 9.17) is 14.5 Å². The van der Waals surface area contributed by atoms with Crippen LogP contribution in [0.3, 0.4) is 0 Å². The van der Waals surface area contributed by atoms with Crippen LogP contribution in [0.25, 0.3) is 10.9 Å². The molecule has 6 heteroatoms. The average molecular weight is 484 g/mol. The predicted molar refractivity (Wildman–Crippen MR) is 143 cm³/mol. The zero-order valence-electron chi connectivity index (χ0n) is 21.7. The molecule has 2 aromatic carbocycles. The lowest BCUT2D eigenvalue weighted by atomic mass is 9.80. The van der Waals surface area contributed by atoms with Gasteiger partial charge in [0.25, 0.3) is 0 Å². The van der Waals surface area contributed by atoms with Crippen molar-refractivity contribution in [1.29, 1.82) is 0 Å². The number of nitrogens with zero attached hydrogens (tertiary/aromatic N) is 3. The van der Waals surface area contributed by atoms with Gasteiger partial charge in [-0.1, -0.05) is 18.2 Å². The first-order chi connectivity index (χ1) is 17.5. The summed E-state index contributed by atoms with van der Waals surface area (Å²) < 4.78 is 15.0. The van der Waals surface area contributed by atoms with E-state index < -0.39 is 5.60 Å². The quantitative estimate of drug-likeness (QED) is 0.285. The monoisotopic (exact) mass is 483 g/mol. The van der Waals surface area contributed by atoms with Gasteiger partial charge in [-0.05, 0) is 65.0 Å². The fraction of sp³-hybridized carbons (Fsp3) is 0.333. The Balaban J connectivity index is 1.90. The number of aromatic nitrogens is 2. The first kappa shape index (κ1) is 23.9. The Kier molecular flexibility index (Phi) is 6.20. The molecule has 1 unspecified atom stereocenters. The number of fused-ring (bicyclic) bond motifs is 2. The highest BCUT2D eigenvalue weighted by Crippen LogP contribution is 2.52. The van der Waals surface area contributed by atoms with Gasteiger partial charge in [-0.15, -0.1) is 0 Å². The summed E-state index contributed by atoms with van der Waals surface area (Å²) in [5.74, 6) is 0.321. The number of benzene rings is 2. The van der Waals surface area contributed by atoms with Crippen LogP contribution >= 0.6 is 0 Å². The maximum Gasteiger partial charge on any atom is 0.341 e. The SMILES string of the molecule is CCOc1cc(N(CC)CC)ccc1C1(c2c(C)n(CC)c3ccccc23)OC(=O)c2cccnc21.